The van der Waals surface area contributed by atoms with Gasteiger partial charge in [0.25, 0.3) is 0 Å². The summed E-state index contributed by atoms with van der Waals surface area (Å²) in [5, 5.41) is 0. The highest BCUT2D eigenvalue weighted by atomic mass is 28.3. The monoisotopic (exact) mass is 255 g/mol. The quantitative estimate of drug-likeness (QED) is 0.434. The molecule has 3 nitrogen and oxygen atoms in total. The van der Waals surface area contributed by atoms with Gasteiger partial charge in [0.15, 0.2) is 0 Å². The van der Waals surface area contributed by atoms with E-state index in [4.69, 9.17) is 4.74 Å². The van der Waals surface area contributed by atoms with Gasteiger partial charge in [-0.05, 0) is 27.7 Å². The van der Waals surface area contributed by atoms with Crippen LogP contribution in [-0.4, -0.2) is 31.2 Å². The summed E-state index contributed by atoms with van der Waals surface area (Å²) >= 11 is 0. The molecule has 0 fully saturated rings. The third-order valence-corrected chi connectivity index (χ3v) is 3.10. The molecular weight excluding hydrogens is 230 g/mol. The topological polar surface area (TPSA) is 29.5 Å². The van der Waals surface area contributed by atoms with Crippen LogP contribution in [0.3, 0.4) is 0 Å². The number of carbonyl (C=O) groups excluding carboxylic acids is 1. The third kappa shape index (κ3) is 7.03. The van der Waals surface area contributed by atoms with Gasteiger partial charge >= 0.3 is 6.09 Å². The first-order valence-electron chi connectivity index (χ1n) is 6.06. The Balaban J connectivity index is 4.50. The van der Waals surface area contributed by atoms with Gasteiger partial charge in [-0.3, -0.25) is 0 Å². The lowest BCUT2D eigenvalue weighted by molar-refractivity contribution is 0.109. The van der Waals surface area contributed by atoms with Crippen LogP contribution in [0.2, 0.25) is 19.6 Å². The Morgan fingerprint density at radius 2 is 1.65 bits per heavy atom. The first kappa shape index (κ1) is 16.0. The molecule has 0 bridgehead atoms. The van der Waals surface area contributed by atoms with Crippen LogP contribution in [0.5, 0.6) is 0 Å². The zero-order valence-corrected chi connectivity index (χ0v) is 13.1. The highest BCUT2D eigenvalue weighted by Crippen LogP contribution is 2.07. The van der Waals surface area contributed by atoms with Gasteiger partial charge in [-0.15, -0.1) is 0 Å². The van der Waals surface area contributed by atoms with Gasteiger partial charge < -0.3 is 9.64 Å². The van der Waals surface area contributed by atoms with E-state index < -0.39 is 8.07 Å². The standard InChI is InChI=1S/C13H25NO2Si/c1-11(2)14(12(3)4)13(15)16-9-8-10-17(5,6)7/h9-12H,1-7H3. The highest BCUT2D eigenvalue weighted by molar-refractivity contribution is 6.80. The summed E-state index contributed by atoms with van der Waals surface area (Å²) in [5.74, 6) is 0. The van der Waals surface area contributed by atoms with Gasteiger partial charge in [0.05, 0.1) is 8.07 Å². The van der Waals surface area contributed by atoms with Gasteiger partial charge in [0, 0.05) is 12.1 Å². The normalized spacial score (nSPS) is 11.1. The SMILES string of the molecule is CC(C)N(C(=O)OC=C=C[Si](C)(C)C)C(C)C. The van der Waals surface area contributed by atoms with Crippen molar-refractivity contribution in [3.8, 4) is 0 Å². The van der Waals surface area contributed by atoms with E-state index in [1.54, 1.807) is 4.90 Å². The highest BCUT2D eigenvalue weighted by Gasteiger charge is 2.20. The van der Waals surface area contributed by atoms with E-state index >= 15 is 0 Å². The lowest BCUT2D eigenvalue weighted by Gasteiger charge is -2.28. The number of hydrogen-bond donors (Lipinski definition) is 0. The van der Waals surface area contributed by atoms with Gasteiger partial charge in [0.1, 0.15) is 6.26 Å². The number of ether oxygens (including phenoxy) is 1. The molecule has 0 spiro atoms. The molecule has 0 N–H and O–H groups in total. The first-order valence-corrected chi connectivity index (χ1v) is 9.64. The molecule has 0 heterocycles. The van der Waals surface area contributed by atoms with E-state index in [0.717, 1.165) is 0 Å². The van der Waals surface area contributed by atoms with Crippen LogP contribution >= 0.6 is 0 Å². The first-order chi connectivity index (χ1) is 7.65. The molecule has 0 aliphatic carbocycles. The summed E-state index contributed by atoms with van der Waals surface area (Å²) < 4.78 is 5.06. The van der Waals surface area contributed by atoms with Gasteiger partial charge in [-0.25, -0.2) is 4.79 Å². The Hall–Kier alpha value is -0.993. The zero-order chi connectivity index (χ0) is 13.6. The molecule has 98 valence electrons. The predicted octanol–water partition coefficient (Wildman–Crippen LogP) is 3.79. The van der Waals surface area contributed by atoms with Crippen LogP contribution in [0.4, 0.5) is 4.79 Å². The molecule has 0 atom stereocenters. The van der Waals surface area contributed by atoms with Crippen molar-refractivity contribution in [2.45, 2.75) is 59.4 Å². The van der Waals surface area contributed by atoms with E-state index in [9.17, 15) is 4.79 Å². The molecule has 0 aromatic carbocycles. The van der Waals surface area contributed by atoms with Crippen LogP contribution in [-0.2, 0) is 4.74 Å². The molecule has 0 saturated heterocycles. The number of carbonyl (C=O) groups is 1. The van der Waals surface area contributed by atoms with Crippen molar-refractivity contribution in [3.05, 3.63) is 17.7 Å². The van der Waals surface area contributed by atoms with Crippen LogP contribution in [0.25, 0.3) is 0 Å². The minimum atomic E-state index is -1.27. The second-order valence-corrected chi connectivity index (χ2v) is 10.8. The van der Waals surface area contributed by atoms with Crippen LogP contribution in [0.1, 0.15) is 27.7 Å². The van der Waals surface area contributed by atoms with Crippen molar-refractivity contribution in [1.82, 2.24) is 4.90 Å². The second-order valence-electron chi connectivity index (χ2n) is 5.77. The van der Waals surface area contributed by atoms with Crippen molar-refractivity contribution < 1.29 is 9.53 Å². The molecule has 0 aromatic rings. The van der Waals surface area contributed by atoms with Crippen molar-refractivity contribution in [1.29, 1.82) is 0 Å². The van der Waals surface area contributed by atoms with E-state index in [2.05, 4.69) is 25.4 Å². The average Bonchev–Trinajstić information content (AvgIpc) is 2.09. The van der Waals surface area contributed by atoms with Crippen molar-refractivity contribution in [2.75, 3.05) is 0 Å². The van der Waals surface area contributed by atoms with Crippen molar-refractivity contribution in [3.63, 3.8) is 0 Å². The largest absolute Gasteiger partial charge is 0.415 e. The van der Waals surface area contributed by atoms with Crippen LogP contribution in [0.15, 0.2) is 17.7 Å². The Bertz CT molecular complexity index is 302. The molecule has 17 heavy (non-hydrogen) atoms. The molecule has 0 saturated carbocycles. The van der Waals surface area contributed by atoms with Crippen molar-refractivity contribution >= 4 is 14.2 Å². The zero-order valence-electron chi connectivity index (χ0n) is 12.1. The maximum absolute atomic E-state index is 11.8. The molecule has 0 aliphatic heterocycles. The Morgan fingerprint density at radius 3 is 2.00 bits per heavy atom. The minimum Gasteiger partial charge on any atom is -0.410 e. The third-order valence-electron chi connectivity index (χ3n) is 2.07. The summed E-state index contributed by atoms with van der Waals surface area (Å²) in [5.41, 5.74) is 4.94. The minimum absolute atomic E-state index is 0.136. The van der Waals surface area contributed by atoms with E-state index in [-0.39, 0.29) is 18.2 Å². The van der Waals surface area contributed by atoms with Crippen molar-refractivity contribution in [2.24, 2.45) is 0 Å². The molecule has 0 rings (SSSR count). The molecule has 0 aromatic heterocycles. The fourth-order valence-electron chi connectivity index (χ4n) is 1.45. The van der Waals surface area contributed by atoms with Gasteiger partial charge in [0.2, 0.25) is 0 Å². The summed E-state index contributed by atoms with van der Waals surface area (Å²) in [7, 11) is -1.27. The Labute approximate surface area is 106 Å². The van der Waals surface area contributed by atoms with E-state index in [0.29, 0.717) is 0 Å². The van der Waals surface area contributed by atoms with Crippen LogP contribution in [0, 0.1) is 0 Å². The molecule has 1 amide bonds. The fraction of sp³-hybridized carbons (Fsp3) is 0.692. The molecule has 4 heteroatoms. The second kappa shape index (κ2) is 6.67. The molecular formula is C13H25NO2Si. The van der Waals surface area contributed by atoms with Gasteiger partial charge in [-0.2, -0.15) is 0 Å². The predicted molar refractivity (Wildman–Crippen MR) is 74.6 cm³/mol. The number of nitrogens with zero attached hydrogens (tertiary/aromatic N) is 1. The average molecular weight is 255 g/mol. The number of amides is 1. The molecule has 0 radical (unpaired) electrons. The Morgan fingerprint density at radius 1 is 1.18 bits per heavy atom. The maximum Gasteiger partial charge on any atom is 0.415 e. The molecule has 0 aliphatic rings. The molecule has 0 unspecified atom stereocenters. The lowest BCUT2D eigenvalue weighted by atomic mass is 10.2. The van der Waals surface area contributed by atoms with Crippen LogP contribution < -0.4 is 0 Å². The van der Waals surface area contributed by atoms with Gasteiger partial charge in [-0.1, -0.05) is 31.1 Å². The Kier molecular flexibility index (Phi) is 6.28. The smallest absolute Gasteiger partial charge is 0.410 e. The maximum atomic E-state index is 11.8. The number of rotatable bonds is 4. The summed E-state index contributed by atoms with van der Waals surface area (Å²) in [4.78, 5) is 13.5. The summed E-state index contributed by atoms with van der Waals surface area (Å²) in [6.07, 6.45) is 1.05. The number of hydrogen-bond acceptors (Lipinski definition) is 2. The van der Waals surface area contributed by atoms with E-state index in [1.165, 1.54) is 6.26 Å². The summed E-state index contributed by atoms with van der Waals surface area (Å²) in [6, 6.07) is 0.272. The lowest BCUT2D eigenvalue weighted by Crippen LogP contribution is -2.41. The fourth-order valence-corrected chi connectivity index (χ4v) is 2.02. The van der Waals surface area contributed by atoms with E-state index in [1.807, 2.05) is 33.4 Å². The summed E-state index contributed by atoms with van der Waals surface area (Å²) in [6.45, 7) is 14.5.